The summed E-state index contributed by atoms with van der Waals surface area (Å²) in [5.74, 6) is 1.20. The van der Waals surface area contributed by atoms with Crippen LogP contribution in [0.5, 0.6) is 5.75 Å². The van der Waals surface area contributed by atoms with Crippen LogP contribution in [0.15, 0.2) is 77.7 Å². The first kappa shape index (κ1) is 20.4. The Balaban J connectivity index is 1.90. The summed E-state index contributed by atoms with van der Waals surface area (Å²) in [7, 11) is 1.64. The van der Waals surface area contributed by atoms with Gasteiger partial charge in [-0.1, -0.05) is 51.1 Å². The molecule has 3 aromatic rings. The van der Waals surface area contributed by atoms with Gasteiger partial charge in [-0.25, -0.2) is 4.99 Å². The summed E-state index contributed by atoms with van der Waals surface area (Å²) in [6.45, 7) is 6.58. The molecule has 0 atom stereocenters. The quantitative estimate of drug-likeness (QED) is 0.578. The third kappa shape index (κ3) is 4.06. The van der Waals surface area contributed by atoms with Crippen LogP contribution in [0.3, 0.4) is 0 Å². The van der Waals surface area contributed by atoms with Crippen molar-refractivity contribution < 1.29 is 4.74 Å². The molecule has 0 saturated carbocycles. The molecule has 0 spiro atoms. The summed E-state index contributed by atoms with van der Waals surface area (Å²) in [5, 5.41) is 13.2. The van der Waals surface area contributed by atoms with Crippen molar-refractivity contribution in [2.45, 2.75) is 26.2 Å². The second-order valence-electron chi connectivity index (χ2n) is 8.37. The lowest BCUT2D eigenvalue weighted by atomic mass is 9.86. The molecule has 31 heavy (non-hydrogen) atoms. The maximum Gasteiger partial charge on any atom is 0.151 e. The van der Waals surface area contributed by atoms with Gasteiger partial charge in [-0.05, 0) is 35.2 Å². The van der Waals surface area contributed by atoms with Crippen LogP contribution in [0, 0.1) is 11.3 Å². The molecule has 5 heteroatoms. The van der Waals surface area contributed by atoms with Gasteiger partial charge in [0.1, 0.15) is 17.4 Å². The van der Waals surface area contributed by atoms with Gasteiger partial charge in [-0.3, -0.25) is 4.98 Å². The molecule has 2 heterocycles. The molecule has 0 radical (unpaired) electrons. The van der Waals surface area contributed by atoms with Crippen LogP contribution in [-0.4, -0.2) is 17.8 Å². The number of aliphatic imine (C=N–C) groups is 1. The summed E-state index contributed by atoms with van der Waals surface area (Å²) < 4.78 is 5.41. The lowest BCUT2D eigenvalue weighted by Gasteiger charge is -2.23. The van der Waals surface area contributed by atoms with Crippen LogP contribution in [0.4, 0.5) is 5.69 Å². The zero-order valence-electron chi connectivity index (χ0n) is 18.1. The van der Waals surface area contributed by atoms with E-state index >= 15 is 0 Å². The number of pyridine rings is 1. The van der Waals surface area contributed by atoms with Crippen molar-refractivity contribution >= 4 is 17.0 Å². The lowest BCUT2D eigenvalue weighted by molar-refractivity contribution is 0.415. The fourth-order valence-corrected chi connectivity index (χ4v) is 3.50. The van der Waals surface area contributed by atoms with Gasteiger partial charge in [0.2, 0.25) is 0 Å². The minimum Gasteiger partial charge on any atom is -0.497 e. The van der Waals surface area contributed by atoms with Crippen molar-refractivity contribution in [3.63, 3.8) is 0 Å². The number of allylic oxidation sites excluding steroid dienone is 1. The molecule has 0 fully saturated rings. The molecule has 0 amide bonds. The standard InChI is InChI=1S/C26H24N4O/c1-26(2,3)18-10-8-17(9-11-18)24-20-13-12-19(31-4)15-23(20)29-25(30-24)21(16-27)22-7-5-6-14-28-22/h5-15,29H,1-4H3/b25-21+. The van der Waals surface area contributed by atoms with E-state index in [0.29, 0.717) is 17.1 Å². The molecule has 5 nitrogen and oxygen atoms in total. The van der Waals surface area contributed by atoms with Crippen LogP contribution in [-0.2, 0) is 5.41 Å². The largest absolute Gasteiger partial charge is 0.497 e. The number of anilines is 1. The van der Waals surface area contributed by atoms with Gasteiger partial charge in [0.05, 0.1) is 24.2 Å². The number of hydrogen-bond acceptors (Lipinski definition) is 5. The molecule has 1 N–H and O–H groups in total. The SMILES string of the molecule is COc1ccc2c(c1)N/C(=C(/C#N)c1ccccn1)N=C2c1ccc(C(C)(C)C)cc1. The first-order valence-electron chi connectivity index (χ1n) is 10.1. The fraction of sp³-hybridized carbons (Fsp3) is 0.192. The van der Waals surface area contributed by atoms with E-state index < -0.39 is 0 Å². The van der Waals surface area contributed by atoms with E-state index in [2.05, 4.69) is 61.4 Å². The Kier molecular flexibility index (Phi) is 5.31. The number of ether oxygens (including phenoxy) is 1. The molecule has 1 aliphatic heterocycles. The molecular formula is C26H24N4O. The normalized spacial score (nSPS) is 14.6. The Hall–Kier alpha value is -3.91. The molecule has 2 aromatic carbocycles. The van der Waals surface area contributed by atoms with Crippen LogP contribution in [0.1, 0.15) is 43.2 Å². The number of fused-ring (bicyclic) bond motifs is 1. The van der Waals surface area contributed by atoms with Gasteiger partial charge in [0.15, 0.2) is 5.82 Å². The van der Waals surface area contributed by atoms with Gasteiger partial charge in [0, 0.05) is 23.4 Å². The second-order valence-corrected chi connectivity index (χ2v) is 8.37. The molecule has 0 bridgehead atoms. The van der Waals surface area contributed by atoms with E-state index in [-0.39, 0.29) is 5.41 Å². The van der Waals surface area contributed by atoms with E-state index in [1.165, 1.54) is 5.56 Å². The molecule has 4 rings (SSSR count). The highest BCUT2D eigenvalue weighted by Gasteiger charge is 2.23. The molecule has 0 unspecified atom stereocenters. The fourth-order valence-electron chi connectivity index (χ4n) is 3.50. The first-order valence-corrected chi connectivity index (χ1v) is 10.1. The average Bonchev–Trinajstić information content (AvgIpc) is 2.79. The van der Waals surface area contributed by atoms with Crippen LogP contribution in [0.2, 0.25) is 0 Å². The number of nitriles is 1. The lowest BCUT2D eigenvalue weighted by Crippen LogP contribution is -2.17. The number of methoxy groups -OCH3 is 1. The zero-order valence-corrected chi connectivity index (χ0v) is 18.1. The zero-order chi connectivity index (χ0) is 22.0. The first-order chi connectivity index (χ1) is 14.9. The van der Waals surface area contributed by atoms with E-state index in [1.54, 1.807) is 13.3 Å². The van der Waals surface area contributed by atoms with Crippen molar-refractivity contribution in [2.24, 2.45) is 4.99 Å². The minimum absolute atomic E-state index is 0.0672. The topological polar surface area (TPSA) is 70.3 Å². The van der Waals surface area contributed by atoms with Crippen LogP contribution in [0.25, 0.3) is 5.57 Å². The maximum absolute atomic E-state index is 9.88. The number of nitrogens with zero attached hydrogens (tertiary/aromatic N) is 3. The van der Waals surface area contributed by atoms with Gasteiger partial charge in [-0.15, -0.1) is 0 Å². The van der Waals surface area contributed by atoms with Crippen molar-refractivity contribution in [1.82, 2.24) is 4.98 Å². The Morgan fingerprint density at radius 2 is 1.81 bits per heavy atom. The van der Waals surface area contributed by atoms with E-state index in [4.69, 9.17) is 9.73 Å². The van der Waals surface area contributed by atoms with E-state index in [1.807, 2.05) is 36.4 Å². The van der Waals surface area contributed by atoms with E-state index in [0.717, 1.165) is 28.3 Å². The highest BCUT2D eigenvalue weighted by atomic mass is 16.5. The predicted octanol–water partition coefficient (Wildman–Crippen LogP) is 5.54. The third-order valence-electron chi connectivity index (χ3n) is 5.25. The number of rotatable bonds is 3. The smallest absolute Gasteiger partial charge is 0.151 e. The summed E-state index contributed by atoms with van der Waals surface area (Å²) in [5.41, 5.74) is 5.85. The predicted molar refractivity (Wildman–Crippen MR) is 124 cm³/mol. The number of aromatic nitrogens is 1. The molecule has 154 valence electrons. The molecule has 1 aromatic heterocycles. The summed E-state index contributed by atoms with van der Waals surface area (Å²) in [6.07, 6.45) is 1.67. The van der Waals surface area contributed by atoms with Crippen LogP contribution >= 0.6 is 0 Å². The molecule has 1 aliphatic rings. The summed E-state index contributed by atoms with van der Waals surface area (Å²) in [4.78, 5) is 9.21. The third-order valence-corrected chi connectivity index (χ3v) is 5.25. The highest BCUT2D eigenvalue weighted by Crippen LogP contribution is 2.33. The highest BCUT2D eigenvalue weighted by molar-refractivity contribution is 6.18. The van der Waals surface area contributed by atoms with Crippen molar-refractivity contribution in [1.29, 1.82) is 5.26 Å². The molecule has 0 aliphatic carbocycles. The summed E-state index contributed by atoms with van der Waals surface area (Å²) >= 11 is 0. The van der Waals surface area contributed by atoms with Gasteiger partial charge >= 0.3 is 0 Å². The Labute approximate surface area is 182 Å². The minimum atomic E-state index is 0.0672. The van der Waals surface area contributed by atoms with Gasteiger partial charge in [-0.2, -0.15) is 5.26 Å². The van der Waals surface area contributed by atoms with Crippen LogP contribution < -0.4 is 10.1 Å². The van der Waals surface area contributed by atoms with Crippen molar-refractivity contribution in [3.8, 4) is 11.8 Å². The molecule has 0 saturated heterocycles. The Bertz CT molecular complexity index is 1210. The second kappa shape index (κ2) is 8.08. The number of benzene rings is 2. The van der Waals surface area contributed by atoms with Crippen molar-refractivity contribution in [2.75, 3.05) is 12.4 Å². The van der Waals surface area contributed by atoms with Crippen molar-refractivity contribution in [3.05, 3.63) is 95.1 Å². The van der Waals surface area contributed by atoms with Gasteiger partial charge in [0.25, 0.3) is 0 Å². The Morgan fingerprint density at radius 1 is 1.03 bits per heavy atom. The maximum atomic E-state index is 9.88. The number of nitrogens with one attached hydrogen (secondary N) is 1. The van der Waals surface area contributed by atoms with E-state index in [9.17, 15) is 5.26 Å². The summed E-state index contributed by atoms with van der Waals surface area (Å²) in [6, 6.07) is 22.0. The monoisotopic (exact) mass is 408 g/mol. The Morgan fingerprint density at radius 3 is 2.42 bits per heavy atom. The number of hydrogen-bond donors (Lipinski definition) is 1. The molecular weight excluding hydrogens is 384 g/mol. The van der Waals surface area contributed by atoms with Gasteiger partial charge < -0.3 is 10.1 Å². The average molecular weight is 409 g/mol.